The highest BCUT2D eigenvalue weighted by Crippen LogP contribution is 2.30. The molecule has 0 unspecified atom stereocenters. The lowest BCUT2D eigenvalue weighted by Crippen LogP contribution is -2.32. The molecule has 1 amide bonds. The SMILES string of the molecule is CCc1nc2c(OC)cccn2c1C(=O)NCc1ccc(N2CCC(c3ccccc3)CC2)cc1. The zero-order chi connectivity index (χ0) is 24.2. The van der Waals surface area contributed by atoms with Gasteiger partial charge in [-0.2, -0.15) is 0 Å². The van der Waals surface area contributed by atoms with E-state index in [0.717, 1.165) is 24.3 Å². The maximum atomic E-state index is 13.1. The van der Waals surface area contributed by atoms with Crippen molar-refractivity contribution in [1.29, 1.82) is 0 Å². The number of nitrogens with zero attached hydrogens (tertiary/aromatic N) is 3. The van der Waals surface area contributed by atoms with E-state index in [0.29, 0.717) is 36.0 Å². The van der Waals surface area contributed by atoms with Gasteiger partial charge in [0, 0.05) is 31.5 Å². The highest BCUT2D eigenvalue weighted by Gasteiger charge is 2.22. The third-order valence-electron chi connectivity index (χ3n) is 6.98. The van der Waals surface area contributed by atoms with E-state index in [4.69, 9.17) is 4.74 Å². The van der Waals surface area contributed by atoms with E-state index < -0.39 is 0 Å². The standard InChI is InChI=1S/C29H32N4O2/c1-3-25-27(33-17-7-10-26(35-2)28(33)31-25)29(34)30-20-21-11-13-24(14-12-21)32-18-15-23(16-19-32)22-8-5-4-6-9-22/h4-14,17,23H,3,15-16,18-20H2,1-2H3,(H,30,34). The molecule has 0 atom stereocenters. The Hall–Kier alpha value is -3.80. The van der Waals surface area contributed by atoms with E-state index in [1.165, 1.54) is 24.1 Å². The van der Waals surface area contributed by atoms with Crippen LogP contribution in [0.3, 0.4) is 0 Å². The van der Waals surface area contributed by atoms with E-state index in [1.807, 2.05) is 29.7 Å². The average Bonchev–Trinajstić information content (AvgIpc) is 3.32. The second-order valence-corrected chi connectivity index (χ2v) is 9.05. The first-order chi connectivity index (χ1) is 17.2. The van der Waals surface area contributed by atoms with Crippen molar-refractivity contribution in [3.63, 3.8) is 0 Å². The summed E-state index contributed by atoms with van der Waals surface area (Å²) in [6.07, 6.45) is 4.87. The molecule has 0 spiro atoms. The molecule has 0 aliphatic carbocycles. The van der Waals surface area contributed by atoms with Crippen LogP contribution in [0.1, 0.15) is 53.0 Å². The fraction of sp³-hybridized carbons (Fsp3) is 0.310. The summed E-state index contributed by atoms with van der Waals surface area (Å²) in [4.78, 5) is 20.2. The van der Waals surface area contributed by atoms with Crippen LogP contribution in [0.4, 0.5) is 5.69 Å². The van der Waals surface area contributed by atoms with Crippen molar-refractivity contribution in [2.45, 2.75) is 38.6 Å². The number of carbonyl (C=O) groups excluding carboxylic acids is 1. The van der Waals surface area contributed by atoms with Crippen molar-refractivity contribution in [3.05, 3.63) is 95.4 Å². The van der Waals surface area contributed by atoms with Gasteiger partial charge in [0.05, 0.1) is 12.8 Å². The third kappa shape index (κ3) is 4.74. The second kappa shape index (κ2) is 10.2. The van der Waals surface area contributed by atoms with Crippen LogP contribution < -0.4 is 15.0 Å². The Morgan fingerprint density at radius 1 is 1.03 bits per heavy atom. The maximum Gasteiger partial charge on any atom is 0.270 e. The van der Waals surface area contributed by atoms with E-state index >= 15 is 0 Å². The molecule has 6 nitrogen and oxygen atoms in total. The van der Waals surface area contributed by atoms with Crippen LogP contribution in [0.25, 0.3) is 5.65 Å². The van der Waals surface area contributed by atoms with Crippen LogP contribution >= 0.6 is 0 Å². The number of pyridine rings is 1. The number of benzene rings is 2. The number of hydrogen-bond donors (Lipinski definition) is 1. The Morgan fingerprint density at radius 3 is 2.46 bits per heavy atom. The molecule has 2 aromatic heterocycles. The van der Waals surface area contributed by atoms with Gasteiger partial charge in [-0.1, -0.05) is 49.4 Å². The van der Waals surface area contributed by atoms with Crippen LogP contribution in [-0.4, -0.2) is 35.5 Å². The van der Waals surface area contributed by atoms with E-state index in [1.54, 1.807) is 7.11 Å². The summed E-state index contributed by atoms with van der Waals surface area (Å²) in [7, 11) is 1.62. The highest BCUT2D eigenvalue weighted by molar-refractivity contribution is 5.95. The average molecular weight is 469 g/mol. The molecule has 6 heteroatoms. The van der Waals surface area contributed by atoms with Crippen LogP contribution in [0.15, 0.2) is 72.9 Å². The minimum Gasteiger partial charge on any atom is -0.493 e. The molecule has 0 bridgehead atoms. The van der Waals surface area contributed by atoms with E-state index in [9.17, 15) is 4.79 Å². The summed E-state index contributed by atoms with van der Waals surface area (Å²) in [6, 6.07) is 23.1. The zero-order valence-electron chi connectivity index (χ0n) is 20.4. The van der Waals surface area contributed by atoms with Gasteiger partial charge in [-0.25, -0.2) is 4.98 Å². The lowest BCUT2D eigenvalue weighted by atomic mass is 9.89. The molecule has 35 heavy (non-hydrogen) atoms. The van der Waals surface area contributed by atoms with Gasteiger partial charge in [-0.3, -0.25) is 9.20 Å². The Bertz CT molecular complexity index is 1290. The fourth-order valence-corrected chi connectivity index (χ4v) is 5.02. The van der Waals surface area contributed by atoms with Gasteiger partial charge < -0.3 is 15.0 Å². The van der Waals surface area contributed by atoms with Crippen LogP contribution in [-0.2, 0) is 13.0 Å². The van der Waals surface area contributed by atoms with Crippen molar-refractivity contribution < 1.29 is 9.53 Å². The van der Waals surface area contributed by atoms with Crippen LogP contribution in [0.2, 0.25) is 0 Å². The first-order valence-corrected chi connectivity index (χ1v) is 12.4. The van der Waals surface area contributed by atoms with Crippen molar-refractivity contribution in [3.8, 4) is 5.75 Å². The monoisotopic (exact) mass is 468 g/mol. The molecule has 4 aromatic rings. The first kappa shape index (κ1) is 23.0. The number of carbonyl (C=O) groups is 1. The number of anilines is 1. The highest BCUT2D eigenvalue weighted by atomic mass is 16.5. The third-order valence-corrected chi connectivity index (χ3v) is 6.98. The van der Waals surface area contributed by atoms with Gasteiger partial charge in [0.25, 0.3) is 5.91 Å². The smallest absolute Gasteiger partial charge is 0.270 e. The van der Waals surface area contributed by atoms with Crippen molar-refractivity contribution in [2.75, 3.05) is 25.1 Å². The number of amides is 1. The summed E-state index contributed by atoms with van der Waals surface area (Å²) >= 11 is 0. The number of hydrogen-bond acceptors (Lipinski definition) is 4. The molecular weight excluding hydrogens is 436 g/mol. The summed E-state index contributed by atoms with van der Waals surface area (Å²) in [6.45, 7) is 4.60. The maximum absolute atomic E-state index is 13.1. The van der Waals surface area contributed by atoms with Gasteiger partial charge in [-0.05, 0) is 60.6 Å². The predicted molar refractivity (Wildman–Crippen MR) is 139 cm³/mol. The molecule has 1 fully saturated rings. The molecule has 1 aliphatic rings. The largest absolute Gasteiger partial charge is 0.493 e. The van der Waals surface area contributed by atoms with Gasteiger partial charge in [0.15, 0.2) is 11.4 Å². The number of aryl methyl sites for hydroxylation is 1. The lowest BCUT2D eigenvalue weighted by molar-refractivity contribution is 0.0944. The zero-order valence-corrected chi connectivity index (χ0v) is 20.4. The minimum absolute atomic E-state index is 0.130. The van der Waals surface area contributed by atoms with E-state index in [2.05, 4.69) is 69.8 Å². The Labute approximate surface area is 206 Å². The van der Waals surface area contributed by atoms with Crippen LogP contribution in [0.5, 0.6) is 5.75 Å². The number of aromatic nitrogens is 2. The normalized spacial score (nSPS) is 14.3. The summed E-state index contributed by atoms with van der Waals surface area (Å²) in [5.74, 6) is 1.17. The van der Waals surface area contributed by atoms with Gasteiger partial charge in [0.2, 0.25) is 0 Å². The number of rotatable bonds is 7. The molecule has 1 N–H and O–H groups in total. The second-order valence-electron chi connectivity index (χ2n) is 9.05. The Kier molecular flexibility index (Phi) is 6.70. The number of piperidine rings is 1. The number of nitrogens with one attached hydrogen (secondary N) is 1. The number of imidazole rings is 1. The first-order valence-electron chi connectivity index (χ1n) is 12.4. The Morgan fingerprint density at radius 2 is 1.77 bits per heavy atom. The molecule has 5 rings (SSSR count). The lowest BCUT2D eigenvalue weighted by Gasteiger charge is -2.34. The van der Waals surface area contributed by atoms with Crippen molar-refractivity contribution >= 4 is 17.2 Å². The quantitative estimate of drug-likeness (QED) is 0.404. The molecule has 0 radical (unpaired) electrons. The summed E-state index contributed by atoms with van der Waals surface area (Å²) in [5, 5.41) is 3.07. The van der Waals surface area contributed by atoms with Crippen LogP contribution in [0, 0.1) is 0 Å². The van der Waals surface area contributed by atoms with E-state index in [-0.39, 0.29) is 5.91 Å². The summed E-state index contributed by atoms with van der Waals surface area (Å²) in [5.41, 5.74) is 5.77. The molecule has 2 aromatic carbocycles. The Balaban J connectivity index is 1.21. The molecule has 180 valence electrons. The van der Waals surface area contributed by atoms with Gasteiger partial charge >= 0.3 is 0 Å². The molecule has 3 heterocycles. The molecule has 1 saturated heterocycles. The molecular formula is C29H32N4O2. The predicted octanol–water partition coefficient (Wildman–Crippen LogP) is 5.22. The number of fused-ring (bicyclic) bond motifs is 1. The number of methoxy groups -OCH3 is 1. The topological polar surface area (TPSA) is 58.9 Å². The number of ether oxygens (including phenoxy) is 1. The summed E-state index contributed by atoms with van der Waals surface area (Å²) < 4.78 is 7.23. The van der Waals surface area contributed by atoms with Gasteiger partial charge in [0.1, 0.15) is 5.69 Å². The fourth-order valence-electron chi connectivity index (χ4n) is 5.02. The molecule has 0 saturated carbocycles. The van der Waals surface area contributed by atoms with Gasteiger partial charge in [-0.15, -0.1) is 0 Å². The minimum atomic E-state index is -0.130. The van der Waals surface area contributed by atoms with Crippen molar-refractivity contribution in [2.24, 2.45) is 0 Å². The molecule has 1 aliphatic heterocycles. The van der Waals surface area contributed by atoms with Crippen molar-refractivity contribution in [1.82, 2.24) is 14.7 Å².